The molecule has 1 heterocycles. The lowest BCUT2D eigenvalue weighted by Gasteiger charge is -2.11. The summed E-state index contributed by atoms with van der Waals surface area (Å²) >= 11 is 0. The zero-order valence-electron chi connectivity index (χ0n) is 8.84. The molecule has 0 saturated carbocycles. The van der Waals surface area contributed by atoms with Crippen LogP contribution in [0.4, 0.5) is 0 Å². The van der Waals surface area contributed by atoms with Crippen molar-refractivity contribution in [2.45, 2.75) is 13.0 Å². The lowest BCUT2D eigenvalue weighted by molar-refractivity contribution is 0.197. The maximum Gasteiger partial charge on any atom is 0.347 e. The van der Waals surface area contributed by atoms with Gasteiger partial charge in [-0.15, -0.1) is 0 Å². The second-order valence-electron chi connectivity index (χ2n) is 3.67. The van der Waals surface area contributed by atoms with E-state index in [1.165, 1.54) is 6.92 Å². The fraction of sp³-hybridized carbons (Fsp3) is 0.182. The minimum atomic E-state index is -1.03. The van der Waals surface area contributed by atoms with Crippen LogP contribution < -0.4 is 5.63 Å². The van der Waals surface area contributed by atoms with Crippen LogP contribution in [0.5, 0.6) is 17.2 Å². The average molecular weight is 238 g/mol. The van der Waals surface area contributed by atoms with Gasteiger partial charge in [0.2, 0.25) is 0 Å². The van der Waals surface area contributed by atoms with E-state index in [0.29, 0.717) is 0 Å². The van der Waals surface area contributed by atoms with Gasteiger partial charge in [0.25, 0.3) is 0 Å². The molecule has 0 unspecified atom stereocenters. The minimum Gasteiger partial charge on any atom is -0.507 e. The molecule has 2 rings (SSSR count). The zero-order chi connectivity index (χ0) is 12.7. The third-order valence-electron chi connectivity index (χ3n) is 2.49. The summed E-state index contributed by atoms with van der Waals surface area (Å²) in [5, 5.41) is 37.7. The van der Waals surface area contributed by atoms with Gasteiger partial charge in [-0.1, -0.05) is 0 Å². The topological polar surface area (TPSA) is 111 Å². The van der Waals surface area contributed by atoms with Gasteiger partial charge >= 0.3 is 5.63 Å². The molecule has 17 heavy (non-hydrogen) atoms. The molecule has 2 aromatic rings. The molecule has 1 aromatic heterocycles. The molecule has 90 valence electrons. The van der Waals surface area contributed by atoms with Gasteiger partial charge in [0, 0.05) is 17.0 Å². The van der Waals surface area contributed by atoms with E-state index in [9.17, 15) is 25.2 Å². The van der Waals surface area contributed by atoms with E-state index in [1.54, 1.807) is 0 Å². The number of aromatic hydroxyl groups is 3. The van der Waals surface area contributed by atoms with Crippen molar-refractivity contribution >= 4 is 10.8 Å². The number of fused-ring (bicyclic) bond motifs is 1. The number of rotatable bonds is 1. The molecule has 1 aromatic carbocycles. The third-order valence-corrected chi connectivity index (χ3v) is 2.49. The van der Waals surface area contributed by atoms with Crippen LogP contribution in [0.2, 0.25) is 0 Å². The number of aliphatic hydroxyl groups excluding tert-OH is 1. The molecular weight excluding hydrogens is 228 g/mol. The van der Waals surface area contributed by atoms with Gasteiger partial charge in [-0.3, -0.25) is 0 Å². The first-order chi connectivity index (χ1) is 7.93. The Morgan fingerprint density at radius 1 is 1.18 bits per heavy atom. The molecule has 0 radical (unpaired) electrons. The molecule has 0 aliphatic heterocycles. The fourth-order valence-electron chi connectivity index (χ4n) is 1.67. The van der Waals surface area contributed by atoms with E-state index in [4.69, 9.17) is 0 Å². The van der Waals surface area contributed by atoms with Crippen LogP contribution in [-0.2, 0) is 0 Å². The van der Waals surface area contributed by atoms with Crippen LogP contribution in [0.15, 0.2) is 21.5 Å². The minimum absolute atomic E-state index is 0.100. The molecule has 0 bridgehead atoms. The Morgan fingerprint density at radius 3 is 2.41 bits per heavy atom. The second kappa shape index (κ2) is 3.67. The van der Waals surface area contributed by atoms with Crippen LogP contribution in [0.25, 0.3) is 10.8 Å². The lowest BCUT2D eigenvalue weighted by atomic mass is 10.0. The monoisotopic (exact) mass is 238 g/mol. The molecule has 6 nitrogen and oxygen atoms in total. The van der Waals surface area contributed by atoms with Gasteiger partial charge in [-0.05, 0) is 6.92 Å². The molecule has 0 aliphatic carbocycles. The molecule has 0 aliphatic rings. The van der Waals surface area contributed by atoms with Crippen molar-refractivity contribution in [2.24, 2.45) is 0 Å². The summed E-state index contributed by atoms with van der Waals surface area (Å²) in [6.45, 7) is 1.40. The number of aliphatic hydroxyl groups is 1. The van der Waals surface area contributed by atoms with Gasteiger partial charge in [-0.2, -0.15) is 0 Å². The molecule has 6 heteroatoms. The van der Waals surface area contributed by atoms with E-state index < -0.39 is 29.0 Å². The zero-order valence-corrected chi connectivity index (χ0v) is 8.84. The summed E-state index contributed by atoms with van der Waals surface area (Å²) in [4.78, 5) is 11.4. The van der Waals surface area contributed by atoms with E-state index in [0.717, 1.165) is 12.3 Å². The fourth-order valence-corrected chi connectivity index (χ4v) is 1.67. The molecular formula is C11H10O6. The Balaban J connectivity index is 3.08. The van der Waals surface area contributed by atoms with E-state index in [-0.39, 0.29) is 16.3 Å². The molecule has 4 N–H and O–H groups in total. The van der Waals surface area contributed by atoms with Crippen LogP contribution in [0, 0.1) is 0 Å². The second-order valence-corrected chi connectivity index (χ2v) is 3.67. The maximum atomic E-state index is 11.4. The first kappa shape index (κ1) is 11.3. The Morgan fingerprint density at radius 2 is 1.82 bits per heavy atom. The van der Waals surface area contributed by atoms with Crippen LogP contribution in [0.1, 0.15) is 18.6 Å². The Bertz CT molecular complexity index is 640. The standard InChI is InChI=1S/C11H10O6/c1-4(12)5-3-17-11(16)9-6(13)2-7(14)10(15)8(5)9/h2-4,12-15H,1H3/t4-/m0/s1. The highest BCUT2D eigenvalue weighted by Crippen LogP contribution is 2.40. The predicted octanol–water partition coefficient (Wildman–Crippen LogP) is 0.963. The lowest BCUT2D eigenvalue weighted by Crippen LogP contribution is -2.04. The predicted molar refractivity (Wildman–Crippen MR) is 58.1 cm³/mol. The SMILES string of the molecule is C[C@H](O)c1coc(=O)c2c(O)cc(O)c(O)c12. The summed E-state index contributed by atoms with van der Waals surface area (Å²) < 4.78 is 4.64. The van der Waals surface area contributed by atoms with Crippen LogP contribution >= 0.6 is 0 Å². The highest BCUT2D eigenvalue weighted by atomic mass is 16.4. The van der Waals surface area contributed by atoms with Gasteiger partial charge < -0.3 is 24.8 Å². The van der Waals surface area contributed by atoms with Crippen molar-refractivity contribution in [1.82, 2.24) is 0 Å². The normalized spacial score (nSPS) is 12.8. The summed E-state index contributed by atoms with van der Waals surface area (Å²) in [5.74, 6) is -1.68. The van der Waals surface area contributed by atoms with Gasteiger partial charge in [0.15, 0.2) is 11.5 Å². The Hall–Kier alpha value is -2.21. The highest BCUT2D eigenvalue weighted by molar-refractivity contribution is 5.96. The largest absolute Gasteiger partial charge is 0.507 e. The maximum absolute atomic E-state index is 11.4. The van der Waals surface area contributed by atoms with E-state index in [2.05, 4.69) is 4.42 Å². The van der Waals surface area contributed by atoms with Crippen molar-refractivity contribution in [1.29, 1.82) is 0 Å². The first-order valence-corrected chi connectivity index (χ1v) is 4.81. The summed E-state index contributed by atoms with van der Waals surface area (Å²) in [5.41, 5.74) is -0.763. The van der Waals surface area contributed by atoms with Crippen molar-refractivity contribution in [2.75, 3.05) is 0 Å². The number of hydrogen-bond acceptors (Lipinski definition) is 6. The van der Waals surface area contributed by atoms with Crippen molar-refractivity contribution in [3.63, 3.8) is 0 Å². The molecule has 1 atom stereocenters. The van der Waals surface area contributed by atoms with Gasteiger partial charge in [-0.25, -0.2) is 4.79 Å². The van der Waals surface area contributed by atoms with Crippen molar-refractivity contribution < 1.29 is 24.8 Å². The Kier molecular flexibility index (Phi) is 2.44. The van der Waals surface area contributed by atoms with E-state index >= 15 is 0 Å². The number of phenolic OH excluding ortho intramolecular Hbond substituents is 3. The number of phenols is 3. The smallest absolute Gasteiger partial charge is 0.347 e. The summed E-state index contributed by atoms with van der Waals surface area (Å²) in [6.07, 6.45) is -0.0533. The quantitative estimate of drug-likeness (QED) is 0.435. The highest BCUT2D eigenvalue weighted by Gasteiger charge is 2.20. The van der Waals surface area contributed by atoms with Crippen molar-refractivity contribution in [3.05, 3.63) is 28.3 Å². The molecule has 0 fully saturated rings. The van der Waals surface area contributed by atoms with Crippen LogP contribution in [-0.4, -0.2) is 20.4 Å². The van der Waals surface area contributed by atoms with Crippen molar-refractivity contribution in [3.8, 4) is 17.2 Å². The summed E-state index contributed by atoms with van der Waals surface area (Å²) in [6, 6.07) is 0.834. The number of hydrogen-bond donors (Lipinski definition) is 4. The van der Waals surface area contributed by atoms with Gasteiger partial charge in [0.05, 0.1) is 6.10 Å². The molecule has 0 spiro atoms. The summed E-state index contributed by atoms with van der Waals surface area (Å²) in [7, 11) is 0. The Labute approximate surface area is 95.0 Å². The molecule has 0 saturated heterocycles. The third kappa shape index (κ3) is 1.58. The van der Waals surface area contributed by atoms with E-state index in [1.807, 2.05) is 0 Å². The molecule has 0 amide bonds. The van der Waals surface area contributed by atoms with Crippen LogP contribution in [0.3, 0.4) is 0 Å². The first-order valence-electron chi connectivity index (χ1n) is 4.81. The number of benzene rings is 1. The van der Waals surface area contributed by atoms with Gasteiger partial charge in [0.1, 0.15) is 17.4 Å². The average Bonchev–Trinajstić information content (AvgIpc) is 2.25.